The number of hydrogen-bond donors (Lipinski definition) is 2. The van der Waals surface area contributed by atoms with E-state index in [0.29, 0.717) is 17.9 Å². The summed E-state index contributed by atoms with van der Waals surface area (Å²) in [6, 6.07) is 5.58. The van der Waals surface area contributed by atoms with Crippen LogP contribution in [-0.4, -0.2) is 62.2 Å². The van der Waals surface area contributed by atoms with Crippen molar-refractivity contribution in [3.8, 4) is 5.88 Å². The third-order valence-electron chi connectivity index (χ3n) is 5.99. The van der Waals surface area contributed by atoms with E-state index in [-0.39, 0.29) is 30.4 Å². The van der Waals surface area contributed by atoms with E-state index in [2.05, 4.69) is 15.3 Å². The van der Waals surface area contributed by atoms with Crippen molar-refractivity contribution in [1.29, 1.82) is 0 Å². The molecule has 2 aromatic rings. The van der Waals surface area contributed by atoms with Gasteiger partial charge < -0.3 is 20.5 Å². The lowest BCUT2D eigenvalue weighted by Crippen LogP contribution is -2.57. The molecule has 4 rings (SSSR count). The number of ether oxygens (including phenoxy) is 2. The Morgan fingerprint density at radius 1 is 1.42 bits per heavy atom. The highest BCUT2D eigenvalue weighted by molar-refractivity contribution is 7.90. The topological polar surface area (TPSA) is 136 Å². The van der Waals surface area contributed by atoms with Crippen LogP contribution in [0, 0.1) is 5.82 Å². The molecule has 0 aliphatic carbocycles. The number of carbonyl (C=O) groups is 1. The fourth-order valence-electron chi connectivity index (χ4n) is 4.11. The van der Waals surface area contributed by atoms with E-state index >= 15 is 4.39 Å². The van der Waals surface area contributed by atoms with Crippen LogP contribution in [-0.2, 0) is 26.7 Å². The highest BCUT2D eigenvalue weighted by Crippen LogP contribution is 2.44. The molecule has 0 bridgehead atoms. The van der Waals surface area contributed by atoms with Crippen LogP contribution in [0.4, 0.5) is 10.1 Å². The van der Waals surface area contributed by atoms with E-state index in [1.165, 1.54) is 32.5 Å². The molecule has 176 valence electrons. The molecule has 1 fully saturated rings. The van der Waals surface area contributed by atoms with E-state index in [1.807, 2.05) is 6.92 Å². The number of hydrogen-bond acceptors (Lipinski definition) is 8. The summed E-state index contributed by atoms with van der Waals surface area (Å²) in [6.45, 7) is 1.57. The van der Waals surface area contributed by atoms with Gasteiger partial charge in [-0.2, -0.15) is 0 Å². The zero-order chi connectivity index (χ0) is 24.0. The van der Waals surface area contributed by atoms with Gasteiger partial charge in [0.05, 0.1) is 25.9 Å². The van der Waals surface area contributed by atoms with Gasteiger partial charge in [0.1, 0.15) is 16.6 Å². The maximum absolute atomic E-state index is 15.0. The molecule has 10 nitrogen and oxygen atoms in total. The van der Waals surface area contributed by atoms with Gasteiger partial charge in [0.2, 0.25) is 21.9 Å². The lowest BCUT2D eigenvalue weighted by molar-refractivity contribution is 0.102. The predicted octanol–water partition coefficient (Wildman–Crippen LogP) is 1.23. The van der Waals surface area contributed by atoms with Gasteiger partial charge in [-0.25, -0.2) is 27.1 Å². The number of fused-ring (bicyclic) bond motifs is 1. The molecular weight excluding hydrogens is 453 g/mol. The standard InChI is InChI=1S/C21H24FN5O5S/c1-4-12-7-18(31-3)24-9-14(12)19(28)25-13-5-6-16(22)15(8-13)21-11-32-10-17(21)33(29,30)27(2)20(23)26-21/h5-9,17H,4,10-11H2,1-3H3,(H2,23,26)(H,25,28). The summed E-state index contributed by atoms with van der Waals surface area (Å²) < 4.78 is 52.3. The van der Waals surface area contributed by atoms with Crippen LogP contribution in [0.1, 0.15) is 28.4 Å². The first-order valence-electron chi connectivity index (χ1n) is 10.2. The monoisotopic (exact) mass is 477 g/mol. The first-order chi connectivity index (χ1) is 15.6. The Morgan fingerprint density at radius 3 is 2.88 bits per heavy atom. The molecule has 0 saturated carbocycles. The number of nitrogens with two attached hydrogens (primary N) is 1. The Balaban J connectivity index is 1.73. The fourth-order valence-corrected chi connectivity index (χ4v) is 5.81. The molecule has 1 aromatic heterocycles. The quantitative estimate of drug-likeness (QED) is 0.661. The number of halogens is 1. The number of carbonyl (C=O) groups excluding carboxylic acids is 1. The van der Waals surface area contributed by atoms with Crippen LogP contribution >= 0.6 is 0 Å². The van der Waals surface area contributed by atoms with Crippen molar-refractivity contribution in [2.75, 3.05) is 32.7 Å². The van der Waals surface area contributed by atoms with Crippen LogP contribution in [0.2, 0.25) is 0 Å². The average Bonchev–Trinajstić information content (AvgIpc) is 3.24. The molecule has 3 N–H and O–H groups in total. The number of pyridine rings is 1. The number of rotatable bonds is 5. The van der Waals surface area contributed by atoms with Gasteiger partial charge in [0.15, 0.2) is 0 Å². The van der Waals surface area contributed by atoms with Gasteiger partial charge >= 0.3 is 0 Å². The SMILES string of the molecule is CCc1cc(OC)ncc1C(=O)Nc1ccc(F)c(C23COCC2S(=O)(=O)N(C)C(N)=N3)c1. The number of benzene rings is 1. The van der Waals surface area contributed by atoms with Crippen molar-refractivity contribution in [2.45, 2.75) is 24.1 Å². The lowest BCUT2D eigenvalue weighted by atomic mass is 9.88. The van der Waals surface area contributed by atoms with Crippen LogP contribution in [0.5, 0.6) is 5.88 Å². The fraction of sp³-hybridized carbons (Fsp3) is 0.381. The number of aromatic nitrogens is 1. The number of anilines is 1. The third-order valence-corrected chi connectivity index (χ3v) is 8.19. The van der Waals surface area contributed by atoms with Crippen molar-refractivity contribution < 1.29 is 27.1 Å². The highest BCUT2D eigenvalue weighted by Gasteiger charge is 2.58. The molecule has 33 heavy (non-hydrogen) atoms. The summed E-state index contributed by atoms with van der Waals surface area (Å²) in [6.07, 6.45) is 1.98. The zero-order valence-electron chi connectivity index (χ0n) is 18.3. The zero-order valence-corrected chi connectivity index (χ0v) is 19.1. The molecule has 1 amide bonds. The lowest BCUT2D eigenvalue weighted by Gasteiger charge is -2.38. The molecule has 0 radical (unpaired) electrons. The van der Waals surface area contributed by atoms with Gasteiger partial charge in [0.25, 0.3) is 5.91 Å². The van der Waals surface area contributed by atoms with Gasteiger partial charge in [0, 0.05) is 30.6 Å². The molecule has 1 saturated heterocycles. The second-order valence-electron chi connectivity index (χ2n) is 7.80. The van der Waals surface area contributed by atoms with Gasteiger partial charge in [-0.3, -0.25) is 4.79 Å². The smallest absolute Gasteiger partial charge is 0.257 e. The van der Waals surface area contributed by atoms with Gasteiger partial charge in [-0.15, -0.1) is 0 Å². The van der Waals surface area contributed by atoms with Crippen LogP contribution in [0.15, 0.2) is 35.5 Å². The summed E-state index contributed by atoms with van der Waals surface area (Å²) in [7, 11) is -1.15. The predicted molar refractivity (Wildman–Crippen MR) is 119 cm³/mol. The summed E-state index contributed by atoms with van der Waals surface area (Å²) in [5, 5.41) is 1.58. The Bertz CT molecular complexity index is 1250. The number of nitrogens with one attached hydrogen (secondary N) is 1. The Labute approximate surface area is 190 Å². The molecule has 2 aliphatic rings. The first kappa shape index (κ1) is 22.9. The number of aryl methyl sites for hydroxylation is 1. The summed E-state index contributed by atoms with van der Waals surface area (Å²) in [5.41, 5.74) is 5.61. The number of guanidine groups is 1. The summed E-state index contributed by atoms with van der Waals surface area (Å²) in [4.78, 5) is 21.4. The minimum absolute atomic E-state index is 0.0222. The van der Waals surface area contributed by atoms with E-state index in [9.17, 15) is 13.2 Å². The Morgan fingerprint density at radius 2 is 2.18 bits per heavy atom. The number of methoxy groups -OCH3 is 1. The largest absolute Gasteiger partial charge is 0.481 e. The minimum Gasteiger partial charge on any atom is -0.481 e. The molecular formula is C21H24FN5O5S. The molecule has 1 aromatic carbocycles. The number of sulfonamides is 1. The van der Waals surface area contributed by atoms with Crippen molar-refractivity contribution in [2.24, 2.45) is 10.7 Å². The molecule has 2 atom stereocenters. The van der Waals surface area contributed by atoms with Crippen LogP contribution < -0.4 is 15.8 Å². The molecule has 12 heteroatoms. The first-order valence-corrected chi connectivity index (χ1v) is 11.7. The summed E-state index contributed by atoms with van der Waals surface area (Å²) in [5.74, 6) is -1.00. The van der Waals surface area contributed by atoms with Crippen LogP contribution in [0.25, 0.3) is 0 Å². The highest BCUT2D eigenvalue weighted by atomic mass is 32.2. The maximum atomic E-state index is 15.0. The second-order valence-corrected chi connectivity index (χ2v) is 9.94. The number of nitrogens with zero attached hydrogens (tertiary/aromatic N) is 3. The van der Waals surface area contributed by atoms with Crippen LogP contribution in [0.3, 0.4) is 0 Å². The summed E-state index contributed by atoms with van der Waals surface area (Å²) >= 11 is 0. The molecule has 0 spiro atoms. The second kappa shape index (κ2) is 8.27. The number of aliphatic imine (C=N–C) groups is 1. The van der Waals surface area contributed by atoms with E-state index in [0.717, 1.165) is 15.9 Å². The average molecular weight is 478 g/mol. The maximum Gasteiger partial charge on any atom is 0.257 e. The van der Waals surface area contributed by atoms with Gasteiger partial charge in [-0.05, 0) is 30.2 Å². The van der Waals surface area contributed by atoms with Gasteiger partial charge in [-0.1, -0.05) is 6.92 Å². The normalized spacial score (nSPS) is 23.6. The van der Waals surface area contributed by atoms with E-state index in [1.54, 1.807) is 6.07 Å². The molecule has 3 heterocycles. The number of amides is 1. The molecule has 2 aliphatic heterocycles. The van der Waals surface area contributed by atoms with Crippen molar-refractivity contribution in [3.63, 3.8) is 0 Å². The van der Waals surface area contributed by atoms with E-state index in [4.69, 9.17) is 15.2 Å². The third kappa shape index (κ3) is 3.68. The van der Waals surface area contributed by atoms with Crippen molar-refractivity contribution in [3.05, 3.63) is 53.0 Å². The Hall–Kier alpha value is -3.25. The van der Waals surface area contributed by atoms with Crippen molar-refractivity contribution >= 4 is 27.6 Å². The molecule has 2 unspecified atom stereocenters. The van der Waals surface area contributed by atoms with E-state index < -0.39 is 32.5 Å². The minimum atomic E-state index is -3.93. The van der Waals surface area contributed by atoms with Crippen molar-refractivity contribution in [1.82, 2.24) is 9.29 Å². The Kier molecular flexibility index (Phi) is 5.74.